The maximum absolute atomic E-state index is 8.45. The summed E-state index contributed by atoms with van der Waals surface area (Å²) in [6.07, 6.45) is 2.13. The summed E-state index contributed by atoms with van der Waals surface area (Å²) in [5.41, 5.74) is 0. The second-order valence-electron chi connectivity index (χ2n) is 2.75. The zero-order valence-corrected chi connectivity index (χ0v) is 6.88. The van der Waals surface area contributed by atoms with Gasteiger partial charge in [0.25, 0.3) is 0 Å². The van der Waals surface area contributed by atoms with E-state index in [1.165, 1.54) is 0 Å². The summed E-state index contributed by atoms with van der Waals surface area (Å²) >= 11 is 0. The first-order chi connectivity index (χ1) is 5.88. The van der Waals surface area contributed by atoms with E-state index in [9.17, 15) is 0 Å². The molecule has 0 spiro atoms. The molecule has 1 aliphatic carbocycles. The Balaban J connectivity index is 2.38. The fourth-order valence-electron chi connectivity index (χ4n) is 1.20. The monoisotopic (exact) mass is 164 g/mol. The molecule has 0 bridgehead atoms. The number of aliphatic hydroxyl groups is 2. The van der Waals surface area contributed by atoms with E-state index < -0.39 is 0 Å². The first-order valence-corrected chi connectivity index (χ1v) is 4.07. The molecule has 0 amide bonds. The van der Waals surface area contributed by atoms with Crippen molar-refractivity contribution in [1.29, 1.82) is 0 Å². The van der Waals surface area contributed by atoms with Crippen LogP contribution in [0.4, 0.5) is 0 Å². The van der Waals surface area contributed by atoms with Gasteiger partial charge in [0.05, 0.1) is 0 Å². The SMILES string of the molecule is OCC#C[C@@H]1CC[C@H]1C#CCO. The minimum absolute atomic E-state index is 0.0728. The summed E-state index contributed by atoms with van der Waals surface area (Å²) in [4.78, 5) is 0. The largest absolute Gasteiger partial charge is 0.384 e. The van der Waals surface area contributed by atoms with Crippen molar-refractivity contribution in [3.8, 4) is 23.7 Å². The molecule has 2 N–H and O–H groups in total. The molecule has 12 heavy (non-hydrogen) atoms. The summed E-state index contributed by atoms with van der Waals surface area (Å²) in [5.74, 6) is 11.8. The van der Waals surface area contributed by atoms with Gasteiger partial charge in [-0.1, -0.05) is 23.7 Å². The van der Waals surface area contributed by atoms with Crippen LogP contribution >= 0.6 is 0 Å². The molecule has 0 saturated heterocycles. The fraction of sp³-hybridized carbons (Fsp3) is 0.600. The van der Waals surface area contributed by atoms with E-state index in [0.29, 0.717) is 11.8 Å². The predicted molar refractivity (Wildman–Crippen MR) is 45.9 cm³/mol. The Kier molecular flexibility index (Phi) is 3.67. The zero-order chi connectivity index (χ0) is 8.81. The molecule has 2 nitrogen and oxygen atoms in total. The van der Waals surface area contributed by atoms with Crippen LogP contribution in [0.5, 0.6) is 0 Å². The molecule has 0 radical (unpaired) electrons. The highest BCUT2D eigenvalue weighted by atomic mass is 16.3. The molecule has 64 valence electrons. The molecule has 1 rings (SSSR count). The maximum atomic E-state index is 8.45. The first-order valence-electron chi connectivity index (χ1n) is 4.07. The van der Waals surface area contributed by atoms with E-state index in [4.69, 9.17) is 10.2 Å². The van der Waals surface area contributed by atoms with Crippen molar-refractivity contribution < 1.29 is 10.2 Å². The lowest BCUT2D eigenvalue weighted by Crippen LogP contribution is -2.22. The topological polar surface area (TPSA) is 40.5 Å². The molecule has 0 aromatic carbocycles. The molecule has 0 unspecified atom stereocenters. The summed E-state index contributed by atoms with van der Waals surface area (Å²) < 4.78 is 0. The highest BCUT2D eigenvalue weighted by molar-refractivity contribution is 5.18. The molecular formula is C10H12O2. The average molecular weight is 164 g/mol. The van der Waals surface area contributed by atoms with Gasteiger partial charge < -0.3 is 10.2 Å². The molecule has 0 aromatic heterocycles. The Bertz CT molecular complexity index is 220. The highest BCUT2D eigenvalue weighted by Gasteiger charge is 2.27. The second kappa shape index (κ2) is 4.83. The van der Waals surface area contributed by atoms with Crippen LogP contribution < -0.4 is 0 Å². The Morgan fingerprint density at radius 1 is 0.917 bits per heavy atom. The lowest BCUT2D eigenvalue weighted by Gasteiger charge is -2.28. The smallest absolute Gasteiger partial charge is 0.104 e. The number of rotatable bonds is 0. The molecule has 1 fully saturated rings. The van der Waals surface area contributed by atoms with E-state index in [0.717, 1.165) is 12.8 Å². The Hall–Kier alpha value is -0.960. The standard InChI is InChI=1S/C10H12O2/c11-7-1-3-9-5-6-10(9)4-2-8-12/h9-12H,5-8H2/t9-,10-/m1/s1. The fourth-order valence-corrected chi connectivity index (χ4v) is 1.20. The van der Waals surface area contributed by atoms with Gasteiger partial charge in [0.1, 0.15) is 13.2 Å². The maximum Gasteiger partial charge on any atom is 0.104 e. The van der Waals surface area contributed by atoms with Crippen LogP contribution in [0.3, 0.4) is 0 Å². The van der Waals surface area contributed by atoms with Gasteiger partial charge in [-0.25, -0.2) is 0 Å². The van der Waals surface area contributed by atoms with E-state index in [1.54, 1.807) is 0 Å². The third kappa shape index (κ3) is 2.27. The number of aliphatic hydroxyl groups excluding tert-OH is 2. The van der Waals surface area contributed by atoms with Crippen LogP contribution in [-0.2, 0) is 0 Å². The van der Waals surface area contributed by atoms with Gasteiger partial charge >= 0.3 is 0 Å². The first kappa shape index (κ1) is 9.13. The van der Waals surface area contributed by atoms with Crippen molar-refractivity contribution >= 4 is 0 Å². The predicted octanol–water partition coefficient (Wildman–Crippen LogP) is 0.00400. The van der Waals surface area contributed by atoms with Gasteiger partial charge in [-0.15, -0.1) is 0 Å². The van der Waals surface area contributed by atoms with Crippen molar-refractivity contribution in [1.82, 2.24) is 0 Å². The van der Waals surface area contributed by atoms with E-state index >= 15 is 0 Å². The molecule has 2 heteroatoms. The van der Waals surface area contributed by atoms with Crippen molar-refractivity contribution in [2.75, 3.05) is 13.2 Å². The quantitative estimate of drug-likeness (QED) is 0.495. The van der Waals surface area contributed by atoms with E-state index in [-0.39, 0.29) is 13.2 Å². The van der Waals surface area contributed by atoms with Crippen LogP contribution in [-0.4, -0.2) is 23.4 Å². The van der Waals surface area contributed by atoms with Crippen molar-refractivity contribution in [3.05, 3.63) is 0 Å². The van der Waals surface area contributed by atoms with Crippen molar-refractivity contribution in [2.24, 2.45) is 11.8 Å². The summed E-state index contributed by atoms with van der Waals surface area (Å²) in [6, 6.07) is 0. The summed E-state index contributed by atoms with van der Waals surface area (Å²) in [5, 5.41) is 16.9. The highest BCUT2D eigenvalue weighted by Crippen LogP contribution is 2.32. The number of hydrogen-bond donors (Lipinski definition) is 2. The van der Waals surface area contributed by atoms with Gasteiger partial charge in [-0.3, -0.25) is 0 Å². The van der Waals surface area contributed by atoms with Gasteiger partial charge in [0, 0.05) is 11.8 Å². The molecule has 0 aromatic rings. The molecule has 2 atom stereocenters. The van der Waals surface area contributed by atoms with E-state index in [2.05, 4.69) is 23.7 Å². The number of hydrogen-bond acceptors (Lipinski definition) is 2. The lowest BCUT2D eigenvalue weighted by molar-refractivity contribution is 0.305. The van der Waals surface area contributed by atoms with Gasteiger partial charge in [0.15, 0.2) is 0 Å². The van der Waals surface area contributed by atoms with Crippen molar-refractivity contribution in [2.45, 2.75) is 12.8 Å². The molecular weight excluding hydrogens is 152 g/mol. The molecule has 1 aliphatic rings. The minimum Gasteiger partial charge on any atom is -0.384 e. The van der Waals surface area contributed by atoms with Crippen LogP contribution in [0.2, 0.25) is 0 Å². The van der Waals surface area contributed by atoms with Crippen LogP contribution in [0.1, 0.15) is 12.8 Å². The third-order valence-corrected chi connectivity index (χ3v) is 2.01. The van der Waals surface area contributed by atoms with Gasteiger partial charge in [0.2, 0.25) is 0 Å². The summed E-state index contributed by atoms with van der Waals surface area (Å²) in [6.45, 7) is -0.146. The molecule has 0 heterocycles. The van der Waals surface area contributed by atoms with Crippen LogP contribution in [0.15, 0.2) is 0 Å². The lowest BCUT2D eigenvalue weighted by atomic mass is 9.74. The van der Waals surface area contributed by atoms with Gasteiger partial charge in [-0.05, 0) is 12.8 Å². The van der Waals surface area contributed by atoms with E-state index in [1.807, 2.05) is 0 Å². The molecule has 0 aliphatic heterocycles. The Morgan fingerprint density at radius 2 is 1.33 bits per heavy atom. The van der Waals surface area contributed by atoms with Crippen molar-refractivity contribution in [3.63, 3.8) is 0 Å². The van der Waals surface area contributed by atoms with Crippen LogP contribution in [0, 0.1) is 35.5 Å². The Labute approximate surface area is 72.6 Å². The summed E-state index contributed by atoms with van der Waals surface area (Å²) in [7, 11) is 0. The zero-order valence-electron chi connectivity index (χ0n) is 6.88. The Morgan fingerprint density at radius 3 is 1.58 bits per heavy atom. The molecule has 1 saturated carbocycles. The third-order valence-electron chi connectivity index (χ3n) is 2.01. The minimum atomic E-state index is -0.0728. The van der Waals surface area contributed by atoms with Crippen LogP contribution in [0.25, 0.3) is 0 Å². The average Bonchev–Trinajstić information content (AvgIpc) is 2.04. The van der Waals surface area contributed by atoms with Gasteiger partial charge in [-0.2, -0.15) is 0 Å². The normalized spacial score (nSPS) is 25.8. The second-order valence-corrected chi connectivity index (χ2v) is 2.75.